The third-order valence-electron chi connectivity index (χ3n) is 2.05. The first-order chi connectivity index (χ1) is 9.74. The number of hydrogen-bond acceptors (Lipinski definition) is 4. The number of urea groups is 1. The topological polar surface area (TPSA) is 93.4 Å². The van der Waals surface area contributed by atoms with E-state index >= 15 is 0 Å². The van der Waals surface area contributed by atoms with Gasteiger partial charge in [0.2, 0.25) is 0 Å². The van der Waals surface area contributed by atoms with Crippen molar-refractivity contribution in [2.24, 2.45) is 5.73 Å². The molecule has 0 atom stereocenters. The van der Waals surface area contributed by atoms with Gasteiger partial charge in [-0.05, 0) is 33.4 Å². The van der Waals surface area contributed by atoms with Crippen LogP contribution in [0.15, 0.2) is 30.3 Å². The van der Waals surface area contributed by atoms with Gasteiger partial charge in [0.15, 0.2) is 0 Å². The maximum Gasteiger partial charge on any atom is 0.320 e. The molecule has 4 N–H and O–H groups in total. The van der Waals surface area contributed by atoms with E-state index < -0.39 is 6.03 Å². The van der Waals surface area contributed by atoms with E-state index in [1.165, 1.54) is 0 Å². The number of amides is 2. The SMILES string of the molecule is CNCC(=O)OC(C)(C)C.NC(=O)NCc1ccccc1.[HH].[HH]. The van der Waals surface area contributed by atoms with Gasteiger partial charge < -0.3 is 21.1 Å². The summed E-state index contributed by atoms with van der Waals surface area (Å²) < 4.78 is 4.98. The second kappa shape index (κ2) is 9.77. The molecule has 0 aliphatic carbocycles. The first kappa shape index (κ1) is 18.9. The molecule has 122 valence electrons. The maximum absolute atomic E-state index is 10.8. The predicted molar refractivity (Wildman–Crippen MR) is 86.9 cm³/mol. The number of rotatable bonds is 4. The third-order valence-corrected chi connectivity index (χ3v) is 2.05. The molecule has 0 bridgehead atoms. The Morgan fingerprint density at radius 3 is 2.24 bits per heavy atom. The van der Waals surface area contributed by atoms with Gasteiger partial charge in [0.25, 0.3) is 0 Å². The molecule has 1 aromatic carbocycles. The van der Waals surface area contributed by atoms with E-state index in [0.29, 0.717) is 6.54 Å². The van der Waals surface area contributed by atoms with Gasteiger partial charge in [-0.3, -0.25) is 4.79 Å². The molecule has 0 fully saturated rings. The highest BCUT2D eigenvalue weighted by atomic mass is 16.6. The van der Waals surface area contributed by atoms with Crippen molar-refractivity contribution in [2.45, 2.75) is 32.9 Å². The van der Waals surface area contributed by atoms with E-state index in [2.05, 4.69) is 10.6 Å². The predicted octanol–water partition coefficient (Wildman–Crippen LogP) is 1.89. The summed E-state index contributed by atoms with van der Waals surface area (Å²) >= 11 is 0. The van der Waals surface area contributed by atoms with Crippen LogP contribution in [0.3, 0.4) is 0 Å². The Hall–Kier alpha value is -2.08. The quantitative estimate of drug-likeness (QED) is 0.740. The molecule has 0 saturated heterocycles. The van der Waals surface area contributed by atoms with Crippen molar-refractivity contribution in [3.8, 4) is 0 Å². The second-order valence-electron chi connectivity index (χ2n) is 5.32. The summed E-state index contributed by atoms with van der Waals surface area (Å²) in [6, 6.07) is 9.12. The van der Waals surface area contributed by atoms with Gasteiger partial charge in [0, 0.05) is 9.40 Å². The number of benzene rings is 1. The van der Waals surface area contributed by atoms with Crippen molar-refractivity contribution in [3.63, 3.8) is 0 Å². The Morgan fingerprint density at radius 2 is 1.81 bits per heavy atom. The highest BCUT2D eigenvalue weighted by Gasteiger charge is 2.14. The largest absolute Gasteiger partial charge is 0.459 e. The monoisotopic (exact) mass is 299 g/mol. The van der Waals surface area contributed by atoms with Gasteiger partial charge >= 0.3 is 12.0 Å². The lowest BCUT2D eigenvalue weighted by molar-refractivity contribution is -0.153. The molecule has 2 amide bonds. The lowest BCUT2D eigenvalue weighted by Crippen LogP contribution is -2.29. The van der Waals surface area contributed by atoms with Crippen LogP contribution in [0.2, 0.25) is 0 Å². The zero-order chi connectivity index (χ0) is 16.3. The standard InChI is InChI=1S/C8H10N2O.C7H15NO2.2H2/c9-8(11)10-6-7-4-2-1-3-5-7;1-7(2,3)10-6(9)5-8-4;;/h1-5H,6H2,(H3,9,10,11);8H,5H2,1-4H3;2*1H. The van der Waals surface area contributed by atoms with Crippen LogP contribution in [0.25, 0.3) is 0 Å². The molecule has 21 heavy (non-hydrogen) atoms. The molecule has 6 nitrogen and oxygen atoms in total. The van der Waals surface area contributed by atoms with Crippen molar-refractivity contribution >= 4 is 12.0 Å². The molecule has 6 heteroatoms. The minimum Gasteiger partial charge on any atom is -0.459 e. The molecule has 0 aromatic heterocycles. The van der Waals surface area contributed by atoms with Gasteiger partial charge in [0.05, 0.1) is 6.54 Å². The summed E-state index contributed by atoms with van der Waals surface area (Å²) in [6.07, 6.45) is 0. The van der Waals surface area contributed by atoms with E-state index in [0.717, 1.165) is 5.56 Å². The van der Waals surface area contributed by atoms with Gasteiger partial charge in [-0.25, -0.2) is 4.79 Å². The van der Waals surface area contributed by atoms with Crippen molar-refractivity contribution in [2.75, 3.05) is 13.6 Å². The minimum absolute atomic E-state index is 0. The van der Waals surface area contributed by atoms with Crippen LogP contribution in [-0.2, 0) is 16.1 Å². The van der Waals surface area contributed by atoms with Crippen molar-refractivity contribution in [3.05, 3.63) is 35.9 Å². The summed E-state index contributed by atoms with van der Waals surface area (Å²) in [4.78, 5) is 21.1. The van der Waals surface area contributed by atoms with E-state index in [1.54, 1.807) is 7.05 Å². The van der Waals surface area contributed by atoms with Crippen molar-refractivity contribution < 1.29 is 17.2 Å². The molecule has 0 radical (unpaired) electrons. The van der Waals surface area contributed by atoms with E-state index in [1.807, 2.05) is 51.1 Å². The molecule has 0 unspecified atom stereocenters. The molecular weight excluding hydrogens is 270 g/mol. The Labute approximate surface area is 129 Å². The summed E-state index contributed by atoms with van der Waals surface area (Å²) in [7, 11) is 1.71. The number of nitrogens with one attached hydrogen (secondary N) is 2. The molecule has 1 aromatic rings. The Morgan fingerprint density at radius 1 is 1.24 bits per heavy atom. The number of primary amides is 1. The van der Waals surface area contributed by atoms with Gasteiger partial charge in [0.1, 0.15) is 5.60 Å². The average Bonchev–Trinajstić information content (AvgIpc) is 2.36. The Balaban J connectivity index is -0.000000322. The van der Waals surface area contributed by atoms with E-state index in [4.69, 9.17) is 10.5 Å². The molecular formula is C15H29N3O3. The van der Waals surface area contributed by atoms with E-state index in [-0.39, 0.29) is 21.0 Å². The van der Waals surface area contributed by atoms with Crippen LogP contribution in [-0.4, -0.2) is 31.2 Å². The molecule has 1 rings (SSSR count). The zero-order valence-electron chi connectivity index (χ0n) is 13.1. The van der Waals surface area contributed by atoms with Crippen LogP contribution in [0.5, 0.6) is 0 Å². The third kappa shape index (κ3) is 12.7. The highest BCUT2D eigenvalue weighted by Crippen LogP contribution is 2.05. The summed E-state index contributed by atoms with van der Waals surface area (Å²) in [5, 5.41) is 5.22. The normalized spacial score (nSPS) is 10.1. The van der Waals surface area contributed by atoms with Gasteiger partial charge in [-0.15, -0.1) is 0 Å². The lowest BCUT2D eigenvalue weighted by Gasteiger charge is -2.19. The Bertz CT molecular complexity index is 437. The average molecular weight is 299 g/mol. The van der Waals surface area contributed by atoms with Crippen LogP contribution in [0.1, 0.15) is 29.2 Å². The van der Waals surface area contributed by atoms with Crippen LogP contribution >= 0.6 is 0 Å². The number of likely N-dealkylation sites (N-methyl/N-ethyl adjacent to an activating group) is 1. The van der Waals surface area contributed by atoms with Crippen LogP contribution < -0.4 is 16.4 Å². The first-order valence-electron chi connectivity index (χ1n) is 6.68. The highest BCUT2D eigenvalue weighted by molar-refractivity contribution is 5.72. The Kier molecular flexibility index (Phi) is 8.80. The number of esters is 1. The number of ether oxygens (including phenoxy) is 1. The number of hydrogen-bond donors (Lipinski definition) is 3. The fraction of sp³-hybridized carbons (Fsp3) is 0.467. The summed E-state index contributed by atoms with van der Waals surface area (Å²) in [6.45, 7) is 6.31. The second-order valence-corrected chi connectivity index (χ2v) is 5.32. The van der Waals surface area contributed by atoms with Crippen molar-refractivity contribution in [1.82, 2.24) is 10.6 Å². The molecule has 0 aliphatic rings. The van der Waals surface area contributed by atoms with E-state index in [9.17, 15) is 9.59 Å². The fourth-order valence-corrected chi connectivity index (χ4v) is 1.31. The molecule has 0 spiro atoms. The summed E-state index contributed by atoms with van der Waals surface area (Å²) in [5.74, 6) is -0.213. The van der Waals surface area contributed by atoms with Crippen molar-refractivity contribution in [1.29, 1.82) is 0 Å². The number of carbonyl (C=O) groups is 2. The maximum atomic E-state index is 10.8. The number of carbonyl (C=O) groups excluding carboxylic acids is 2. The molecule has 0 saturated carbocycles. The number of nitrogens with two attached hydrogens (primary N) is 1. The first-order valence-corrected chi connectivity index (χ1v) is 6.68. The summed E-state index contributed by atoms with van der Waals surface area (Å²) in [5.41, 5.74) is 5.57. The molecule has 0 heterocycles. The van der Waals surface area contributed by atoms with Crippen LogP contribution in [0.4, 0.5) is 4.79 Å². The van der Waals surface area contributed by atoms with Crippen LogP contribution in [0, 0.1) is 0 Å². The zero-order valence-corrected chi connectivity index (χ0v) is 13.1. The lowest BCUT2D eigenvalue weighted by atomic mass is 10.2. The minimum atomic E-state index is -0.492. The van der Waals surface area contributed by atoms with Gasteiger partial charge in [-0.1, -0.05) is 30.3 Å². The fourth-order valence-electron chi connectivity index (χ4n) is 1.31. The smallest absolute Gasteiger partial charge is 0.320 e. The molecule has 0 aliphatic heterocycles. The van der Waals surface area contributed by atoms with Gasteiger partial charge in [-0.2, -0.15) is 0 Å².